The standard InChI is InChI=1S/C21H17BrN2O5S/c1-13-2-9-17(10-3-13)30(28,29)24-16-7-4-14(5-8-16)20(25)23-19-11-6-15(22)12-18(19)21(26)27/h2-12,24H,1H3,(H,23,25)(H,26,27). The number of carbonyl (C=O) groups is 2. The summed E-state index contributed by atoms with van der Waals surface area (Å²) in [6, 6.07) is 16.7. The number of anilines is 2. The van der Waals surface area contributed by atoms with Crippen molar-refractivity contribution in [1.29, 1.82) is 0 Å². The zero-order valence-electron chi connectivity index (χ0n) is 15.7. The molecular formula is C21H17BrN2O5S. The molecule has 30 heavy (non-hydrogen) atoms. The van der Waals surface area contributed by atoms with Gasteiger partial charge in [-0.15, -0.1) is 0 Å². The number of carboxylic acid groups (broad SMARTS) is 1. The van der Waals surface area contributed by atoms with E-state index in [2.05, 4.69) is 26.0 Å². The molecule has 0 saturated carbocycles. The molecule has 0 spiro atoms. The van der Waals surface area contributed by atoms with Gasteiger partial charge in [0.1, 0.15) is 0 Å². The molecule has 0 saturated heterocycles. The van der Waals surface area contributed by atoms with Crippen molar-refractivity contribution in [1.82, 2.24) is 0 Å². The highest BCUT2D eigenvalue weighted by molar-refractivity contribution is 9.10. The van der Waals surface area contributed by atoms with E-state index in [-0.39, 0.29) is 21.7 Å². The van der Waals surface area contributed by atoms with Crippen molar-refractivity contribution < 1.29 is 23.1 Å². The Morgan fingerprint density at radius 2 is 1.57 bits per heavy atom. The Hall–Kier alpha value is -3.17. The Morgan fingerprint density at radius 1 is 0.933 bits per heavy atom. The fourth-order valence-corrected chi connectivity index (χ4v) is 4.04. The van der Waals surface area contributed by atoms with E-state index in [0.717, 1.165) is 5.56 Å². The highest BCUT2D eigenvalue weighted by Crippen LogP contribution is 2.22. The van der Waals surface area contributed by atoms with Crippen molar-refractivity contribution >= 4 is 49.2 Å². The van der Waals surface area contributed by atoms with Gasteiger partial charge in [0.15, 0.2) is 0 Å². The molecule has 0 atom stereocenters. The van der Waals surface area contributed by atoms with Crippen LogP contribution in [0.25, 0.3) is 0 Å². The average Bonchev–Trinajstić information content (AvgIpc) is 2.69. The van der Waals surface area contributed by atoms with Gasteiger partial charge >= 0.3 is 5.97 Å². The van der Waals surface area contributed by atoms with Crippen molar-refractivity contribution in [3.8, 4) is 0 Å². The highest BCUT2D eigenvalue weighted by Gasteiger charge is 2.16. The Morgan fingerprint density at radius 3 is 2.17 bits per heavy atom. The van der Waals surface area contributed by atoms with Gasteiger partial charge in [-0.05, 0) is 61.5 Å². The second-order valence-corrected chi connectivity index (χ2v) is 9.04. The molecule has 7 nitrogen and oxygen atoms in total. The van der Waals surface area contributed by atoms with E-state index in [4.69, 9.17) is 0 Å². The fourth-order valence-electron chi connectivity index (χ4n) is 2.62. The van der Waals surface area contributed by atoms with Crippen LogP contribution >= 0.6 is 15.9 Å². The molecule has 9 heteroatoms. The van der Waals surface area contributed by atoms with Crippen molar-refractivity contribution in [2.45, 2.75) is 11.8 Å². The summed E-state index contributed by atoms with van der Waals surface area (Å²) in [5, 5.41) is 11.8. The van der Waals surface area contributed by atoms with Crippen molar-refractivity contribution in [3.63, 3.8) is 0 Å². The van der Waals surface area contributed by atoms with Crippen LogP contribution in [-0.4, -0.2) is 25.4 Å². The minimum Gasteiger partial charge on any atom is -0.478 e. The number of aryl methyl sites for hydroxylation is 1. The van der Waals surface area contributed by atoms with Crippen LogP contribution in [0.2, 0.25) is 0 Å². The molecule has 0 aliphatic rings. The first kappa shape index (κ1) is 21.5. The quantitative estimate of drug-likeness (QED) is 0.472. The molecule has 3 aromatic carbocycles. The number of amides is 1. The molecule has 0 unspecified atom stereocenters. The molecular weight excluding hydrogens is 472 g/mol. The first-order chi connectivity index (χ1) is 14.2. The summed E-state index contributed by atoms with van der Waals surface area (Å²) < 4.78 is 27.9. The lowest BCUT2D eigenvalue weighted by Gasteiger charge is -2.11. The van der Waals surface area contributed by atoms with Crippen LogP contribution < -0.4 is 10.0 Å². The topological polar surface area (TPSA) is 113 Å². The summed E-state index contributed by atoms with van der Waals surface area (Å²) in [5.41, 5.74) is 1.58. The summed E-state index contributed by atoms with van der Waals surface area (Å²) >= 11 is 3.20. The Bertz CT molecular complexity index is 1210. The smallest absolute Gasteiger partial charge is 0.337 e. The maximum atomic E-state index is 12.5. The number of benzene rings is 3. The summed E-state index contributed by atoms with van der Waals surface area (Å²) in [5.74, 6) is -1.69. The predicted molar refractivity (Wildman–Crippen MR) is 117 cm³/mol. The summed E-state index contributed by atoms with van der Waals surface area (Å²) in [4.78, 5) is 24.0. The number of halogens is 1. The summed E-state index contributed by atoms with van der Waals surface area (Å²) in [7, 11) is -3.75. The van der Waals surface area contributed by atoms with Crippen LogP contribution in [-0.2, 0) is 10.0 Å². The van der Waals surface area contributed by atoms with Crippen LogP contribution in [0.4, 0.5) is 11.4 Å². The monoisotopic (exact) mass is 488 g/mol. The molecule has 3 N–H and O–H groups in total. The van der Waals surface area contributed by atoms with Crippen molar-refractivity contribution in [3.05, 3.63) is 87.9 Å². The number of hydrogen-bond acceptors (Lipinski definition) is 4. The highest BCUT2D eigenvalue weighted by atomic mass is 79.9. The molecule has 3 rings (SSSR count). The molecule has 0 heterocycles. The zero-order valence-corrected chi connectivity index (χ0v) is 18.1. The van der Waals surface area contributed by atoms with Crippen LogP contribution in [0.1, 0.15) is 26.3 Å². The number of aromatic carboxylic acids is 1. The molecule has 0 aliphatic heterocycles. The van der Waals surface area contributed by atoms with Gasteiger partial charge in [0.2, 0.25) is 0 Å². The molecule has 154 valence electrons. The van der Waals surface area contributed by atoms with Gasteiger partial charge in [-0.25, -0.2) is 13.2 Å². The van der Waals surface area contributed by atoms with E-state index >= 15 is 0 Å². The zero-order chi connectivity index (χ0) is 21.9. The van der Waals surface area contributed by atoms with E-state index in [1.807, 2.05) is 6.92 Å². The van der Waals surface area contributed by atoms with Crippen LogP contribution in [0.3, 0.4) is 0 Å². The van der Waals surface area contributed by atoms with Gasteiger partial charge in [-0.2, -0.15) is 0 Å². The number of nitrogens with one attached hydrogen (secondary N) is 2. The number of hydrogen-bond donors (Lipinski definition) is 3. The lowest BCUT2D eigenvalue weighted by Crippen LogP contribution is -2.15. The lowest BCUT2D eigenvalue weighted by atomic mass is 10.1. The second-order valence-electron chi connectivity index (χ2n) is 6.45. The van der Waals surface area contributed by atoms with E-state index in [1.165, 1.54) is 48.5 Å². The largest absolute Gasteiger partial charge is 0.478 e. The maximum Gasteiger partial charge on any atom is 0.337 e. The van der Waals surface area contributed by atoms with Gasteiger partial charge in [0, 0.05) is 15.7 Å². The first-order valence-electron chi connectivity index (χ1n) is 8.69. The normalized spacial score (nSPS) is 11.0. The molecule has 0 bridgehead atoms. The molecule has 3 aromatic rings. The van der Waals surface area contributed by atoms with Crippen LogP contribution in [0.15, 0.2) is 76.1 Å². The van der Waals surface area contributed by atoms with E-state index in [0.29, 0.717) is 10.2 Å². The van der Waals surface area contributed by atoms with Gasteiger partial charge in [-0.1, -0.05) is 33.6 Å². The van der Waals surface area contributed by atoms with Crippen molar-refractivity contribution in [2.24, 2.45) is 0 Å². The van der Waals surface area contributed by atoms with E-state index < -0.39 is 21.9 Å². The predicted octanol–water partition coefficient (Wildman–Crippen LogP) is 4.51. The van der Waals surface area contributed by atoms with Gasteiger partial charge in [0.25, 0.3) is 15.9 Å². The summed E-state index contributed by atoms with van der Waals surface area (Å²) in [6.07, 6.45) is 0. The van der Waals surface area contributed by atoms with Gasteiger partial charge in [0.05, 0.1) is 16.1 Å². The summed E-state index contributed by atoms with van der Waals surface area (Å²) in [6.45, 7) is 1.86. The Labute approximate surface area is 181 Å². The lowest BCUT2D eigenvalue weighted by molar-refractivity contribution is 0.0698. The average molecular weight is 489 g/mol. The number of carbonyl (C=O) groups excluding carboxylic acids is 1. The first-order valence-corrected chi connectivity index (χ1v) is 11.0. The Balaban J connectivity index is 1.75. The fraction of sp³-hybridized carbons (Fsp3) is 0.0476. The van der Waals surface area contributed by atoms with Crippen LogP contribution in [0.5, 0.6) is 0 Å². The Kier molecular flexibility index (Phi) is 6.23. The number of rotatable bonds is 6. The number of sulfonamides is 1. The van der Waals surface area contributed by atoms with E-state index in [9.17, 15) is 23.1 Å². The van der Waals surface area contributed by atoms with Gasteiger partial charge in [-0.3, -0.25) is 9.52 Å². The van der Waals surface area contributed by atoms with E-state index in [1.54, 1.807) is 18.2 Å². The van der Waals surface area contributed by atoms with Crippen LogP contribution in [0, 0.1) is 6.92 Å². The SMILES string of the molecule is Cc1ccc(S(=O)(=O)Nc2ccc(C(=O)Nc3ccc(Br)cc3C(=O)O)cc2)cc1. The third-order valence-electron chi connectivity index (χ3n) is 4.19. The molecule has 0 aromatic heterocycles. The molecule has 0 aliphatic carbocycles. The molecule has 1 amide bonds. The van der Waals surface area contributed by atoms with Gasteiger partial charge < -0.3 is 10.4 Å². The second kappa shape index (κ2) is 8.68. The minimum absolute atomic E-state index is 0.0554. The number of carboxylic acids is 1. The maximum absolute atomic E-state index is 12.5. The third-order valence-corrected chi connectivity index (χ3v) is 6.08. The molecule has 0 radical (unpaired) electrons. The minimum atomic E-state index is -3.75. The van der Waals surface area contributed by atoms with Crippen molar-refractivity contribution in [2.75, 3.05) is 10.0 Å². The third kappa shape index (κ3) is 5.05. The molecule has 0 fully saturated rings.